The highest BCUT2D eigenvalue weighted by molar-refractivity contribution is 5.99. The van der Waals surface area contributed by atoms with Crippen LogP contribution in [-0.2, 0) is 17.9 Å². The molecule has 1 aliphatic carbocycles. The molecular weight excluding hydrogens is 398 g/mol. The van der Waals surface area contributed by atoms with E-state index in [1.165, 1.54) is 12.0 Å². The fraction of sp³-hybridized carbons (Fsp3) is 0.481. The van der Waals surface area contributed by atoms with Crippen LogP contribution in [-0.4, -0.2) is 58.2 Å². The minimum atomic E-state index is -0.327. The van der Waals surface area contributed by atoms with Gasteiger partial charge in [-0.1, -0.05) is 67.8 Å². The van der Waals surface area contributed by atoms with Crippen molar-refractivity contribution < 1.29 is 9.59 Å². The summed E-state index contributed by atoms with van der Waals surface area (Å²) in [5, 5.41) is 0. The van der Waals surface area contributed by atoms with Crippen LogP contribution in [0.4, 0.5) is 0 Å². The lowest BCUT2D eigenvalue weighted by atomic mass is 9.77. The lowest BCUT2D eigenvalue weighted by Crippen LogP contribution is -2.55. The third-order valence-electron chi connectivity index (χ3n) is 7.63. The second kappa shape index (κ2) is 9.07. The highest BCUT2D eigenvalue weighted by Crippen LogP contribution is 2.41. The monoisotopic (exact) mass is 431 g/mol. The highest BCUT2D eigenvalue weighted by atomic mass is 16.2. The summed E-state index contributed by atoms with van der Waals surface area (Å²) in [6, 6.07) is 18.5. The lowest BCUT2D eigenvalue weighted by Gasteiger charge is -2.46. The maximum atomic E-state index is 13.4. The summed E-state index contributed by atoms with van der Waals surface area (Å²) in [6.45, 7) is 4.94. The van der Waals surface area contributed by atoms with Crippen molar-refractivity contribution in [2.45, 2.75) is 57.2 Å². The number of amides is 2. The Morgan fingerprint density at radius 1 is 0.844 bits per heavy atom. The van der Waals surface area contributed by atoms with Crippen molar-refractivity contribution in [3.05, 3.63) is 71.3 Å². The molecule has 0 aromatic heterocycles. The van der Waals surface area contributed by atoms with Crippen molar-refractivity contribution in [2.75, 3.05) is 26.2 Å². The first-order valence-electron chi connectivity index (χ1n) is 12.1. The maximum Gasteiger partial charge on any atom is 0.254 e. The summed E-state index contributed by atoms with van der Waals surface area (Å²) in [5.74, 6) is 0.331. The number of piperazine rings is 1. The number of nitrogens with zero attached hydrogens (tertiary/aromatic N) is 3. The van der Waals surface area contributed by atoms with Gasteiger partial charge in [-0.3, -0.25) is 14.5 Å². The molecule has 2 heterocycles. The Hall–Kier alpha value is -2.66. The number of fused-ring (bicyclic) bond motifs is 1. The summed E-state index contributed by atoms with van der Waals surface area (Å²) < 4.78 is 0. The van der Waals surface area contributed by atoms with E-state index in [-0.39, 0.29) is 17.4 Å². The van der Waals surface area contributed by atoms with Crippen LogP contribution in [0.15, 0.2) is 54.6 Å². The van der Waals surface area contributed by atoms with Crippen LogP contribution in [0.1, 0.15) is 60.0 Å². The molecule has 2 aromatic carbocycles. The van der Waals surface area contributed by atoms with Crippen LogP contribution in [0.25, 0.3) is 0 Å². The van der Waals surface area contributed by atoms with E-state index < -0.39 is 0 Å². The van der Waals surface area contributed by atoms with Crippen molar-refractivity contribution in [3.63, 3.8) is 0 Å². The van der Waals surface area contributed by atoms with Gasteiger partial charge in [-0.2, -0.15) is 0 Å². The van der Waals surface area contributed by atoms with Gasteiger partial charge >= 0.3 is 0 Å². The molecule has 2 amide bonds. The van der Waals surface area contributed by atoms with Crippen LogP contribution in [0.5, 0.6) is 0 Å². The van der Waals surface area contributed by atoms with Gasteiger partial charge in [0.1, 0.15) is 0 Å². The molecule has 2 aromatic rings. The van der Waals surface area contributed by atoms with Gasteiger partial charge in [0.25, 0.3) is 5.91 Å². The Labute approximate surface area is 191 Å². The number of hydrogen-bond donors (Lipinski definition) is 0. The third-order valence-corrected chi connectivity index (χ3v) is 7.63. The molecule has 1 saturated heterocycles. The fourth-order valence-electron chi connectivity index (χ4n) is 5.78. The topological polar surface area (TPSA) is 43.9 Å². The molecule has 2 fully saturated rings. The number of carbonyl (C=O) groups excluding carboxylic acids is 2. The van der Waals surface area contributed by atoms with Crippen molar-refractivity contribution in [1.82, 2.24) is 14.7 Å². The smallest absolute Gasteiger partial charge is 0.254 e. The van der Waals surface area contributed by atoms with Gasteiger partial charge in [-0.15, -0.1) is 0 Å². The number of carbonyl (C=O) groups is 2. The van der Waals surface area contributed by atoms with Crippen molar-refractivity contribution >= 4 is 11.8 Å². The van der Waals surface area contributed by atoms with Crippen LogP contribution in [0.3, 0.4) is 0 Å². The van der Waals surface area contributed by atoms with E-state index in [1.54, 1.807) is 0 Å². The van der Waals surface area contributed by atoms with E-state index in [2.05, 4.69) is 35.2 Å². The van der Waals surface area contributed by atoms with Crippen molar-refractivity contribution in [3.8, 4) is 0 Å². The van der Waals surface area contributed by atoms with E-state index >= 15 is 0 Å². The van der Waals surface area contributed by atoms with E-state index in [0.29, 0.717) is 13.0 Å². The molecule has 1 saturated carbocycles. The average Bonchev–Trinajstić information content (AvgIpc) is 3.18. The first kappa shape index (κ1) is 21.2. The summed E-state index contributed by atoms with van der Waals surface area (Å²) >= 11 is 0. The van der Waals surface area contributed by atoms with Crippen LogP contribution < -0.4 is 0 Å². The molecule has 3 aliphatic rings. The molecular formula is C27H33N3O2. The summed E-state index contributed by atoms with van der Waals surface area (Å²) in [4.78, 5) is 33.2. The molecule has 2 aliphatic heterocycles. The van der Waals surface area contributed by atoms with E-state index in [0.717, 1.165) is 69.5 Å². The molecule has 32 heavy (non-hydrogen) atoms. The molecule has 0 unspecified atom stereocenters. The molecule has 5 rings (SSSR count). The van der Waals surface area contributed by atoms with Gasteiger partial charge in [0.2, 0.25) is 5.91 Å². The molecule has 0 atom stereocenters. The fourth-order valence-corrected chi connectivity index (χ4v) is 5.78. The zero-order chi connectivity index (χ0) is 22.0. The Morgan fingerprint density at radius 3 is 2.25 bits per heavy atom. The normalized spacial score (nSPS) is 20.9. The van der Waals surface area contributed by atoms with Crippen molar-refractivity contribution in [2.24, 2.45) is 0 Å². The Kier molecular flexibility index (Phi) is 6.01. The number of hydrogen-bond acceptors (Lipinski definition) is 3. The van der Waals surface area contributed by atoms with Crippen LogP contribution in [0, 0.1) is 0 Å². The molecule has 0 N–H and O–H groups in total. The quantitative estimate of drug-likeness (QED) is 0.717. The molecule has 0 bridgehead atoms. The summed E-state index contributed by atoms with van der Waals surface area (Å²) in [5.41, 5.74) is 2.91. The molecule has 0 spiro atoms. The highest BCUT2D eigenvalue weighted by Gasteiger charge is 2.46. The van der Waals surface area contributed by atoms with Gasteiger partial charge in [0.15, 0.2) is 0 Å². The van der Waals surface area contributed by atoms with Crippen LogP contribution >= 0.6 is 0 Å². The Morgan fingerprint density at radius 2 is 1.53 bits per heavy atom. The molecule has 5 nitrogen and oxygen atoms in total. The van der Waals surface area contributed by atoms with Gasteiger partial charge in [-0.05, 0) is 30.0 Å². The lowest BCUT2D eigenvalue weighted by molar-refractivity contribution is -0.136. The van der Waals surface area contributed by atoms with Crippen molar-refractivity contribution in [1.29, 1.82) is 0 Å². The SMILES string of the molecule is O=C(CC1(N2Cc3ccccc3C2=O)CCCCC1)N1CCN(Cc2ccccc2)CC1. The van der Waals surface area contributed by atoms with Gasteiger partial charge in [0, 0.05) is 44.8 Å². The minimum absolute atomic E-state index is 0.114. The maximum absolute atomic E-state index is 13.4. The first-order valence-corrected chi connectivity index (χ1v) is 12.1. The predicted octanol–water partition coefficient (Wildman–Crippen LogP) is 4.08. The minimum Gasteiger partial charge on any atom is -0.340 e. The second-order valence-electron chi connectivity index (χ2n) is 9.65. The van der Waals surface area contributed by atoms with E-state index in [4.69, 9.17) is 0 Å². The summed E-state index contributed by atoms with van der Waals surface area (Å²) in [6.07, 6.45) is 5.73. The zero-order valence-electron chi connectivity index (χ0n) is 18.8. The zero-order valence-corrected chi connectivity index (χ0v) is 18.8. The number of rotatable bonds is 5. The first-order chi connectivity index (χ1) is 15.6. The molecule has 0 radical (unpaired) electrons. The van der Waals surface area contributed by atoms with E-state index in [1.807, 2.05) is 34.1 Å². The van der Waals surface area contributed by atoms with E-state index in [9.17, 15) is 9.59 Å². The van der Waals surface area contributed by atoms with Gasteiger partial charge < -0.3 is 9.80 Å². The van der Waals surface area contributed by atoms with Crippen LogP contribution in [0.2, 0.25) is 0 Å². The van der Waals surface area contributed by atoms with Gasteiger partial charge in [-0.25, -0.2) is 0 Å². The third kappa shape index (κ3) is 4.18. The largest absolute Gasteiger partial charge is 0.340 e. The molecule has 5 heteroatoms. The van der Waals surface area contributed by atoms with Gasteiger partial charge in [0.05, 0.1) is 12.0 Å². The standard InChI is InChI=1S/C27H33N3O2/c31-25(29-17-15-28(16-18-29)20-22-9-3-1-4-10-22)19-27(13-7-2-8-14-27)30-21-23-11-5-6-12-24(23)26(30)32/h1,3-6,9-12H,2,7-8,13-21H2. The number of benzene rings is 2. The molecule has 168 valence electrons. The average molecular weight is 432 g/mol. The Balaban J connectivity index is 1.24. The Bertz CT molecular complexity index is 960. The summed E-state index contributed by atoms with van der Waals surface area (Å²) in [7, 11) is 0. The second-order valence-corrected chi connectivity index (χ2v) is 9.65. The predicted molar refractivity (Wildman–Crippen MR) is 125 cm³/mol.